The molecule has 22 heavy (non-hydrogen) atoms. The summed E-state index contributed by atoms with van der Waals surface area (Å²) >= 11 is 0. The molecule has 1 amide bonds. The van der Waals surface area contributed by atoms with Crippen LogP contribution >= 0.6 is 0 Å². The minimum Gasteiger partial charge on any atom is -0.489 e. The molecule has 2 aromatic rings. The molecule has 1 aromatic carbocycles. The highest BCUT2D eigenvalue weighted by molar-refractivity contribution is 6.08. The van der Waals surface area contributed by atoms with Crippen LogP contribution in [0.2, 0.25) is 0 Å². The number of aryl methyl sites for hydroxylation is 3. The Labute approximate surface area is 130 Å². The first-order chi connectivity index (χ1) is 10.5. The van der Waals surface area contributed by atoms with Crippen molar-refractivity contribution in [3.63, 3.8) is 0 Å². The van der Waals surface area contributed by atoms with Gasteiger partial charge >= 0.3 is 0 Å². The Hall–Kier alpha value is -2.30. The number of fused-ring (bicyclic) bond motifs is 1. The molecule has 0 aliphatic carbocycles. The Morgan fingerprint density at radius 2 is 2.14 bits per heavy atom. The number of amides is 1. The summed E-state index contributed by atoms with van der Waals surface area (Å²) in [5, 5.41) is 4.23. The molecule has 2 heterocycles. The van der Waals surface area contributed by atoms with Crippen LogP contribution in [0.5, 0.6) is 5.75 Å². The second kappa shape index (κ2) is 5.48. The predicted molar refractivity (Wildman–Crippen MR) is 85.7 cm³/mol. The molecule has 0 saturated carbocycles. The highest BCUT2D eigenvalue weighted by Crippen LogP contribution is 2.36. The van der Waals surface area contributed by atoms with Crippen LogP contribution < -0.4 is 9.64 Å². The molecule has 5 nitrogen and oxygen atoms in total. The lowest BCUT2D eigenvalue weighted by Crippen LogP contribution is -2.38. The van der Waals surface area contributed by atoms with E-state index in [-0.39, 0.29) is 5.91 Å². The van der Waals surface area contributed by atoms with Crippen LogP contribution in [0.25, 0.3) is 0 Å². The van der Waals surface area contributed by atoms with Gasteiger partial charge < -0.3 is 9.64 Å². The lowest BCUT2D eigenvalue weighted by molar-refractivity contribution is 0.0975. The SMILES string of the molecule is CCc1c(C(=O)N2CCOc3c(C)cc(C)cc32)cnn1C. The molecule has 0 atom stereocenters. The Morgan fingerprint density at radius 3 is 2.86 bits per heavy atom. The summed E-state index contributed by atoms with van der Waals surface area (Å²) < 4.78 is 7.55. The van der Waals surface area contributed by atoms with E-state index in [0.717, 1.165) is 34.7 Å². The molecule has 0 fully saturated rings. The average Bonchev–Trinajstić information content (AvgIpc) is 2.86. The van der Waals surface area contributed by atoms with Crippen molar-refractivity contribution in [2.24, 2.45) is 7.05 Å². The zero-order valence-electron chi connectivity index (χ0n) is 13.5. The molecular formula is C17H21N3O2. The predicted octanol–water partition coefficient (Wildman–Crippen LogP) is 2.64. The van der Waals surface area contributed by atoms with Gasteiger partial charge in [0.1, 0.15) is 12.4 Å². The van der Waals surface area contributed by atoms with Crippen molar-refractivity contribution in [2.45, 2.75) is 27.2 Å². The van der Waals surface area contributed by atoms with Crippen molar-refractivity contribution in [1.82, 2.24) is 9.78 Å². The van der Waals surface area contributed by atoms with Crippen molar-refractivity contribution < 1.29 is 9.53 Å². The molecule has 3 rings (SSSR count). The van der Waals surface area contributed by atoms with E-state index < -0.39 is 0 Å². The number of hydrogen-bond donors (Lipinski definition) is 0. The Kier molecular flexibility index (Phi) is 3.64. The third kappa shape index (κ3) is 2.26. The maximum atomic E-state index is 13.0. The molecule has 1 aromatic heterocycles. The standard InChI is InChI=1S/C17H21N3O2/c1-5-14-13(10-18-19(14)4)17(21)20-6-7-22-16-12(3)8-11(2)9-15(16)20/h8-10H,5-7H2,1-4H3. The van der Waals surface area contributed by atoms with Crippen molar-refractivity contribution in [2.75, 3.05) is 18.1 Å². The minimum atomic E-state index is -0.000463. The van der Waals surface area contributed by atoms with Crippen LogP contribution in [-0.4, -0.2) is 28.8 Å². The molecule has 0 saturated heterocycles. The number of nitrogens with zero attached hydrogens (tertiary/aromatic N) is 3. The van der Waals surface area contributed by atoms with Crippen LogP contribution in [0.4, 0.5) is 5.69 Å². The van der Waals surface area contributed by atoms with E-state index in [1.807, 2.05) is 38.8 Å². The first kappa shape index (κ1) is 14.6. The third-order valence-electron chi connectivity index (χ3n) is 4.12. The summed E-state index contributed by atoms with van der Waals surface area (Å²) in [6, 6.07) is 4.09. The highest BCUT2D eigenvalue weighted by Gasteiger charge is 2.28. The topological polar surface area (TPSA) is 47.4 Å². The fourth-order valence-electron chi connectivity index (χ4n) is 3.10. The molecule has 0 spiro atoms. The summed E-state index contributed by atoms with van der Waals surface area (Å²) in [6.45, 7) is 7.17. The lowest BCUT2D eigenvalue weighted by Gasteiger charge is -2.31. The van der Waals surface area contributed by atoms with Crippen LogP contribution in [0.3, 0.4) is 0 Å². The van der Waals surface area contributed by atoms with Gasteiger partial charge in [-0.1, -0.05) is 13.0 Å². The number of hydrogen-bond acceptors (Lipinski definition) is 3. The molecule has 116 valence electrons. The fraction of sp³-hybridized carbons (Fsp3) is 0.412. The van der Waals surface area contributed by atoms with Gasteiger partial charge in [0.15, 0.2) is 0 Å². The summed E-state index contributed by atoms with van der Waals surface area (Å²) in [7, 11) is 1.87. The summed E-state index contributed by atoms with van der Waals surface area (Å²) in [5.74, 6) is 0.812. The molecule has 1 aliphatic heterocycles. The van der Waals surface area contributed by atoms with Crippen LogP contribution in [0.1, 0.15) is 34.1 Å². The van der Waals surface area contributed by atoms with Gasteiger partial charge in [-0.15, -0.1) is 0 Å². The second-order valence-electron chi connectivity index (χ2n) is 5.72. The molecule has 5 heteroatoms. The molecule has 0 bridgehead atoms. The van der Waals surface area contributed by atoms with E-state index in [2.05, 4.69) is 11.2 Å². The zero-order chi connectivity index (χ0) is 15.9. The van der Waals surface area contributed by atoms with Gasteiger partial charge in [0.2, 0.25) is 0 Å². The van der Waals surface area contributed by atoms with Gasteiger partial charge in [-0.3, -0.25) is 9.48 Å². The highest BCUT2D eigenvalue weighted by atomic mass is 16.5. The van der Waals surface area contributed by atoms with Crippen LogP contribution in [0.15, 0.2) is 18.3 Å². The van der Waals surface area contributed by atoms with Gasteiger partial charge in [-0.05, 0) is 37.5 Å². The van der Waals surface area contributed by atoms with Gasteiger partial charge in [-0.25, -0.2) is 0 Å². The first-order valence-corrected chi connectivity index (χ1v) is 7.59. The number of benzene rings is 1. The quantitative estimate of drug-likeness (QED) is 0.856. The third-order valence-corrected chi connectivity index (χ3v) is 4.12. The zero-order valence-corrected chi connectivity index (χ0v) is 13.5. The van der Waals surface area contributed by atoms with Gasteiger partial charge in [-0.2, -0.15) is 5.10 Å². The lowest BCUT2D eigenvalue weighted by atomic mass is 10.1. The second-order valence-corrected chi connectivity index (χ2v) is 5.72. The first-order valence-electron chi connectivity index (χ1n) is 7.59. The maximum Gasteiger partial charge on any atom is 0.261 e. The Bertz CT molecular complexity index is 734. The average molecular weight is 299 g/mol. The maximum absolute atomic E-state index is 13.0. The largest absolute Gasteiger partial charge is 0.489 e. The fourth-order valence-corrected chi connectivity index (χ4v) is 3.10. The Morgan fingerprint density at radius 1 is 1.36 bits per heavy atom. The smallest absolute Gasteiger partial charge is 0.261 e. The molecule has 0 unspecified atom stereocenters. The summed E-state index contributed by atoms with van der Waals surface area (Å²) in [5.41, 5.74) is 4.69. The Balaban J connectivity index is 2.06. The number of aromatic nitrogens is 2. The van der Waals surface area contributed by atoms with Crippen molar-refractivity contribution in [3.05, 3.63) is 40.7 Å². The van der Waals surface area contributed by atoms with E-state index >= 15 is 0 Å². The number of rotatable bonds is 2. The number of carbonyl (C=O) groups is 1. The summed E-state index contributed by atoms with van der Waals surface area (Å²) in [6.07, 6.45) is 2.45. The van der Waals surface area contributed by atoms with E-state index in [1.165, 1.54) is 0 Å². The van der Waals surface area contributed by atoms with E-state index in [4.69, 9.17) is 4.74 Å². The molecular weight excluding hydrogens is 278 g/mol. The molecule has 0 N–H and O–H groups in total. The van der Waals surface area contributed by atoms with E-state index in [9.17, 15) is 4.79 Å². The van der Waals surface area contributed by atoms with Crippen molar-refractivity contribution >= 4 is 11.6 Å². The molecule has 1 aliphatic rings. The monoisotopic (exact) mass is 299 g/mol. The van der Waals surface area contributed by atoms with Gasteiger partial charge in [0.05, 0.1) is 29.7 Å². The van der Waals surface area contributed by atoms with Crippen molar-refractivity contribution in [1.29, 1.82) is 0 Å². The van der Waals surface area contributed by atoms with Crippen LogP contribution in [0, 0.1) is 13.8 Å². The number of ether oxygens (including phenoxy) is 1. The van der Waals surface area contributed by atoms with Crippen LogP contribution in [-0.2, 0) is 13.5 Å². The normalized spacial score (nSPS) is 13.7. The minimum absolute atomic E-state index is 0.000463. The van der Waals surface area contributed by atoms with Crippen molar-refractivity contribution in [3.8, 4) is 5.75 Å². The number of anilines is 1. The number of carbonyl (C=O) groups excluding carboxylic acids is 1. The van der Waals surface area contributed by atoms with Gasteiger partial charge in [0, 0.05) is 7.05 Å². The summed E-state index contributed by atoms with van der Waals surface area (Å²) in [4.78, 5) is 14.8. The van der Waals surface area contributed by atoms with E-state index in [0.29, 0.717) is 18.7 Å². The van der Waals surface area contributed by atoms with Gasteiger partial charge in [0.25, 0.3) is 5.91 Å². The molecule has 0 radical (unpaired) electrons. The van der Waals surface area contributed by atoms with E-state index in [1.54, 1.807) is 10.9 Å².